The predicted molar refractivity (Wildman–Crippen MR) is 76.2 cm³/mol. The molecule has 0 spiro atoms. The van der Waals surface area contributed by atoms with E-state index in [0.717, 1.165) is 10.7 Å². The molecule has 0 amide bonds. The molecule has 2 aromatic heterocycles. The third-order valence-electron chi connectivity index (χ3n) is 3.53. The first kappa shape index (κ1) is 13.9. The number of aryl methyl sites for hydroxylation is 1. The molecule has 0 radical (unpaired) electrons. The fourth-order valence-electron chi connectivity index (χ4n) is 2.47. The second-order valence-electron chi connectivity index (χ2n) is 5.10. The zero-order valence-corrected chi connectivity index (χ0v) is 12.3. The van der Waals surface area contributed by atoms with E-state index in [1.807, 2.05) is 24.5 Å². The molecular weight excluding hydrogens is 290 g/mol. The maximum Gasteiger partial charge on any atom is 0.307 e. The number of thiazole rings is 1. The van der Waals surface area contributed by atoms with Crippen LogP contribution in [0.5, 0.6) is 0 Å². The van der Waals surface area contributed by atoms with E-state index in [9.17, 15) is 9.90 Å². The van der Waals surface area contributed by atoms with Gasteiger partial charge in [-0.2, -0.15) is 4.98 Å². The molecule has 1 aliphatic carbocycles. The fraction of sp³-hybridized carbons (Fsp3) is 0.429. The Morgan fingerprint density at radius 1 is 1.43 bits per heavy atom. The van der Waals surface area contributed by atoms with E-state index in [0.29, 0.717) is 31.0 Å². The quantitative estimate of drug-likeness (QED) is 0.873. The van der Waals surface area contributed by atoms with Gasteiger partial charge in [0, 0.05) is 11.1 Å². The summed E-state index contributed by atoms with van der Waals surface area (Å²) < 4.78 is 5.28. The number of hydrogen-bond donors (Lipinski definition) is 1. The van der Waals surface area contributed by atoms with Crippen LogP contribution in [0.15, 0.2) is 22.1 Å². The van der Waals surface area contributed by atoms with E-state index in [2.05, 4.69) is 15.1 Å². The van der Waals surface area contributed by atoms with Crippen molar-refractivity contribution >= 4 is 17.3 Å². The molecule has 2 heterocycles. The zero-order chi connectivity index (χ0) is 14.8. The molecule has 2 unspecified atom stereocenters. The summed E-state index contributed by atoms with van der Waals surface area (Å²) in [5, 5.41) is 16.1. The number of carbonyl (C=O) groups is 1. The van der Waals surface area contributed by atoms with Gasteiger partial charge in [-0.15, -0.1) is 11.3 Å². The monoisotopic (exact) mass is 305 g/mol. The summed E-state index contributed by atoms with van der Waals surface area (Å²) in [6.07, 6.45) is 5.50. The molecule has 0 saturated heterocycles. The number of carboxylic acid groups (broad SMARTS) is 1. The highest BCUT2D eigenvalue weighted by Gasteiger charge is 2.33. The molecule has 1 N–H and O–H groups in total. The molecule has 3 rings (SSSR count). The van der Waals surface area contributed by atoms with Gasteiger partial charge < -0.3 is 9.63 Å². The third kappa shape index (κ3) is 3.02. The maximum atomic E-state index is 11.3. The van der Waals surface area contributed by atoms with Crippen molar-refractivity contribution in [1.82, 2.24) is 15.1 Å². The van der Waals surface area contributed by atoms with Gasteiger partial charge in [0.15, 0.2) is 5.82 Å². The number of aromatic nitrogens is 3. The lowest BCUT2D eigenvalue weighted by molar-refractivity contribution is -0.142. The van der Waals surface area contributed by atoms with E-state index in [-0.39, 0.29) is 5.92 Å². The van der Waals surface area contributed by atoms with Crippen LogP contribution in [0.3, 0.4) is 0 Å². The molecule has 0 fully saturated rings. The first-order valence-corrected chi connectivity index (χ1v) is 7.62. The molecule has 7 heteroatoms. The van der Waals surface area contributed by atoms with Crippen molar-refractivity contribution in [2.75, 3.05) is 0 Å². The van der Waals surface area contributed by atoms with Gasteiger partial charge in [0.2, 0.25) is 5.89 Å². The van der Waals surface area contributed by atoms with Crippen molar-refractivity contribution in [1.29, 1.82) is 0 Å². The summed E-state index contributed by atoms with van der Waals surface area (Å²) in [7, 11) is 0. The number of carboxylic acids is 1. The van der Waals surface area contributed by atoms with Gasteiger partial charge in [-0.25, -0.2) is 4.98 Å². The molecule has 21 heavy (non-hydrogen) atoms. The molecule has 1 aliphatic rings. The van der Waals surface area contributed by atoms with Gasteiger partial charge in [0.25, 0.3) is 0 Å². The van der Waals surface area contributed by atoms with Crippen LogP contribution in [0.25, 0.3) is 0 Å². The first-order chi connectivity index (χ1) is 10.1. The Morgan fingerprint density at radius 2 is 2.24 bits per heavy atom. The van der Waals surface area contributed by atoms with E-state index < -0.39 is 11.9 Å². The topological polar surface area (TPSA) is 89.1 Å². The second-order valence-corrected chi connectivity index (χ2v) is 6.04. The molecule has 0 aromatic carbocycles. The van der Waals surface area contributed by atoms with Crippen molar-refractivity contribution in [3.05, 3.63) is 39.9 Å². The second kappa shape index (κ2) is 5.77. The molecule has 0 bridgehead atoms. The van der Waals surface area contributed by atoms with Crippen LogP contribution in [-0.4, -0.2) is 26.2 Å². The van der Waals surface area contributed by atoms with Gasteiger partial charge in [-0.05, 0) is 19.8 Å². The first-order valence-electron chi connectivity index (χ1n) is 6.75. The van der Waals surface area contributed by atoms with Crippen LogP contribution in [0.2, 0.25) is 0 Å². The van der Waals surface area contributed by atoms with E-state index in [1.165, 1.54) is 0 Å². The van der Waals surface area contributed by atoms with E-state index >= 15 is 0 Å². The van der Waals surface area contributed by atoms with Crippen molar-refractivity contribution in [2.24, 2.45) is 5.92 Å². The largest absolute Gasteiger partial charge is 0.481 e. The van der Waals surface area contributed by atoms with Crippen molar-refractivity contribution < 1.29 is 14.4 Å². The highest BCUT2D eigenvalue weighted by molar-refractivity contribution is 7.09. The standard InChI is InChI=1S/C14H15N3O3S/c1-8-7-21-12(15-8)6-11-16-13(20-17-11)9-4-2-3-5-10(9)14(18)19/h2-3,7,9-10H,4-6H2,1H3,(H,18,19). The summed E-state index contributed by atoms with van der Waals surface area (Å²) in [6.45, 7) is 1.94. The summed E-state index contributed by atoms with van der Waals surface area (Å²) >= 11 is 1.56. The Balaban J connectivity index is 1.77. The fourth-order valence-corrected chi connectivity index (χ4v) is 3.24. The lowest BCUT2D eigenvalue weighted by atomic mass is 9.83. The molecule has 6 nitrogen and oxygen atoms in total. The summed E-state index contributed by atoms with van der Waals surface area (Å²) in [4.78, 5) is 20.0. The Bertz CT molecular complexity index is 677. The van der Waals surface area contributed by atoms with Crippen LogP contribution >= 0.6 is 11.3 Å². The number of allylic oxidation sites excluding steroid dienone is 2. The summed E-state index contributed by atoms with van der Waals surface area (Å²) in [5.74, 6) is -0.593. The Labute approximate surface area is 125 Å². The summed E-state index contributed by atoms with van der Waals surface area (Å²) in [6, 6.07) is 0. The number of rotatable bonds is 4. The smallest absolute Gasteiger partial charge is 0.307 e. The predicted octanol–water partition coefficient (Wildman–Crippen LogP) is 2.56. The van der Waals surface area contributed by atoms with E-state index in [4.69, 9.17) is 4.52 Å². The molecule has 2 aromatic rings. The van der Waals surface area contributed by atoms with Gasteiger partial charge in [0.1, 0.15) is 5.01 Å². The molecule has 0 aliphatic heterocycles. The lowest BCUT2D eigenvalue weighted by Gasteiger charge is -2.21. The van der Waals surface area contributed by atoms with E-state index in [1.54, 1.807) is 11.3 Å². The van der Waals surface area contributed by atoms with Crippen LogP contribution in [-0.2, 0) is 11.2 Å². The lowest BCUT2D eigenvalue weighted by Crippen LogP contribution is -2.23. The van der Waals surface area contributed by atoms with Crippen LogP contribution in [0.4, 0.5) is 0 Å². The minimum Gasteiger partial charge on any atom is -0.481 e. The zero-order valence-electron chi connectivity index (χ0n) is 11.5. The minimum atomic E-state index is -0.820. The Morgan fingerprint density at radius 3 is 2.95 bits per heavy atom. The van der Waals surface area contributed by atoms with Crippen LogP contribution in [0, 0.1) is 12.8 Å². The van der Waals surface area contributed by atoms with Gasteiger partial charge in [-0.1, -0.05) is 17.3 Å². The highest BCUT2D eigenvalue weighted by Crippen LogP contribution is 2.34. The molecule has 110 valence electrons. The van der Waals surface area contributed by atoms with Crippen LogP contribution in [0.1, 0.15) is 41.2 Å². The maximum absolute atomic E-state index is 11.3. The minimum absolute atomic E-state index is 0.244. The summed E-state index contributed by atoms with van der Waals surface area (Å²) in [5.41, 5.74) is 0.974. The average Bonchev–Trinajstić information content (AvgIpc) is 3.08. The van der Waals surface area contributed by atoms with Gasteiger partial charge in [0.05, 0.1) is 18.3 Å². The van der Waals surface area contributed by atoms with Crippen LogP contribution < -0.4 is 0 Å². The van der Waals surface area contributed by atoms with Crippen molar-refractivity contribution in [2.45, 2.75) is 32.1 Å². The Hall–Kier alpha value is -2.02. The normalized spacial score (nSPS) is 21.6. The van der Waals surface area contributed by atoms with Gasteiger partial charge >= 0.3 is 5.97 Å². The molecule has 0 saturated carbocycles. The number of nitrogens with zero attached hydrogens (tertiary/aromatic N) is 3. The SMILES string of the molecule is Cc1csc(Cc2noc(C3CC=CCC3C(=O)O)n2)n1. The van der Waals surface area contributed by atoms with Crippen molar-refractivity contribution in [3.8, 4) is 0 Å². The third-order valence-corrected chi connectivity index (χ3v) is 4.49. The number of aliphatic carboxylic acids is 1. The highest BCUT2D eigenvalue weighted by atomic mass is 32.1. The average molecular weight is 305 g/mol. The van der Waals surface area contributed by atoms with Gasteiger partial charge in [-0.3, -0.25) is 4.79 Å². The molecule has 2 atom stereocenters. The number of hydrogen-bond acceptors (Lipinski definition) is 6. The van der Waals surface area contributed by atoms with Crippen molar-refractivity contribution in [3.63, 3.8) is 0 Å². The molecular formula is C14H15N3O3S. The Kier molecular flexibility index (Phi) is 3.83.